The van der Waals surface area contributed by atoms with E-state index in [-0.39, 0.29) is 5.56 Å². The van der Waals surface area contributed by atoms with Gasteiger partial charge < -0.3 is 14.6 Å². The Morgan fingerprint density at radius 1 is 1.24 bits per heavy atom. The Hall–Kier alpha value is -2.04. The number of hydrogen-bond acceptors (Lipinski definition) is 4. The van der Waals surface area contributed by atoms with E-state index in [1.54, 1.807) is 0 Å². The van der Waals surface area contributed by atoms with E-state index in [2.05, 4.69) is 0 Å². The minimum atomic E-state index is -1.48. The molecule has 0 saturated carbocycles. The maximum absolute atomic E-state index is 11.5. The zero-order valence-corrected chi connectivity index (χ0v) is 9.94. The molecule has 17 heavy (non-hydrogen) atoms. The first-order valence-corrected chi connectivity index (χ1v) is 5.08. The van der Waals surface area contributed by atoms with Crippen LogP contribution in [0.5, 0.6) is 11.5 Å². The molecule has 92 valence electrons. The van der Waals surface area contributed by atoms with Gasteiger partial charge in [-0.3, -0.25) is 4.79 Å². The van der Waals surface area contributed by atoms with E-state index >= 15 is 0 Å². The van der Waals surface area contributed by atoms with E-state index in [0.717, 1.165) is 0 Å². The van der Waals surface area contributed by atoms with E-state index in [0.29, 0.717) is 23.5 Å². The number of Topliss-reactive ketones (excluding diaryl/α,β-unsaturated/α-hetero) is 1. The quantitative estimate of drug-likeness (QED) is 0.622. The fourth-order valence-corrected chi connectivity index (χ4v) is 1.67. The third kappa shape index (κ3) is 2.38. The highest BCUT2D eigenvalue weighted by atomic mass is 16.5. The maximum atomic E-state index is 11.5. The summed E-state index contributed by atoms with van der Waals surface area (Å²) in [7, 11) is 2.93. The van der Waals surface area contributed by atoms with Crippen LogP contribution in [0.15, 0.2) is 12.1 Å². The summed E-state index contributed by atoms with van der Waals surface area (Å²) in [5.41, 5.74) is 0.678. The van der Waals surface area contributed by atoms with E-state index in [4.69, 9.17) is 14.6 Å². The van der Waals surface area contributed by atoms with Crippen LogP contribution < -0.4 is 9.47 Å². The van der Waals surface area contributed by atoms with Gasteiger partial charge in [0.1, 0.15) is 0 Å². The lowest BCUT2D eigenvalue weighted by molar-refractivity contribution is -0.131. The summed E-state index contributed by atoms with van der Waals surface area (Å²) in [6.45, 7) is 1.82. The molecular formula is C12H14O5. The summed E-state index contributed by atoms with van der Waals surface area (Å²) < 4.78 is 10.2. The molecular weight excluding hydrogens is 224 g/mol. The smallest absolute Gasteiger partial charge is 0.377 e. The third-order valence-corrected chi connectivity index (χ3v) is 2.44. The zero-order chi connectivity index (χ0) is 13.0. The van der Waals surface area contributed by atoms with Crippen molar-refractivity contribution in [1.29, 1.82) is 0 Å². The van der Waals surface area contributed by atoms with E-state index in [9.17, 15) is 9.59 Å². The number of hydrogen-bond donors (Lipinski definition) is 1. The minimum Gasteiger partial charge on any atom is -0.493 e. The van der Waals surface area contributed by atoms with Gasteiger partial charge in [-0.05, 0) is 18.6 Å². The van der Waals surface area contributed by atoms with Crippen LogP contribution in [0.4, 0.5) is 0 Å². The van der Waals surface area contributed by atoms with Gasteiger partial charge >= 0.3 is 5.97 Å². The molecule has 5 nitrogen and oxygen atoms in total. The number of ether oxygens (including phenoxy) is 2. The van der Waals surface area contributed by atoms with Gasteiger partial charge in [0.15, 0.2) is 11.5 Å². The Labute approximate surface area is 99.0 Å². The predicted octanol–water partition coefficient (Wildman–Crippen LogP) is 1.53. The minimum absolute atomic E-state index is 0.137. The van der Waals surface area contributed by atoms with Crippen LogP contribution in [0.3, 0.4) is 0 Å². The van der Waals surface area contributed by atoms with Crippen molar-refractivity contribution in [3.05, 3.63) is 23.3 Å². The van der Waals surface area contributed by atoms with Gasteiger partial charge in [0.2, 0.25) is 0 Å². The van der Waals surface area contributed by atoms with Crippen LogP contribution >= 0.6 is 0 Å². The van der Waals surface area contributed by atoms with E-state index < -0.39 is 11.8 Å². The van der Waals surface area contributed by atoms with Crippen LogP contribution in [0, 0.1) is 0 Å². The molecule has 0 amide bonds. The molecule has 0 heterocycles. The molecule has 0 aliphatic heterocycles. The molecule has 1 aromatic carbocycles. The molecule has 0 unspecified atom stereocenters. The SMILES string of the molecule is CCc1c(C(=O)C(=O)O)ccc(OC)c1OC. The number of aliphatic carboxylic acids is 1. The first-order valence-electron chi connectivity index (χ1n) is 5.08. The summed E-state index contributed by atoms with van der Waals surface area (Å²) in [4.78, 5) is 22.2. The number of ketones is 1. The predicted molar refractivity (Wildman–Crippen MR) is 60.9 cm³/mol. The average Bonchev–Trinajstić information content (AvgIpc) is 2.35. The van der Waals surface area contributed by atoms with Crippen molar-refractivity contribution in [2.24, 2.45) is 0 Å². The first kappa shape index (κ1) is 13.0. The van der Waals surface area contributed by atoms with E-state index in [1.807, 2.05) is 6.92 Å². The van der Waals surface area contributed by atoms with Crippen molar-refractivity contribution in [2.45, 2.75) is 13.3 Å². The van der Waals surface area contributed by atoms with Crippen molar-refractivity contribution < 1.29 is 24.2 Å². The second kappa shape index (κ2) is 5.34. The second-order valence-corrected chi connectivity index (χ2v) is 3.32. The van der Waals surface area contributed by atoms with Crippen molar-refractivity contribution in [2.75, 3.05) is 14.2 Å². The number of carboxylic acid groups (broad SMARTS) is 1. The number of methoxy groups -OCH3 is 2. The van der Waals surface area contributed by atoms with Gasteiger partial charge in [-0.25, -0.2) is 4.79 Å². The average molecular weight is 238 g/mol. The molecule has 0 atom stereocenters. The number of carbonyl (C=O) groups excluding carboxylic acids is 1. The summed E-state index contributed by atoms with van der Waals surface area (Å²) in [5.74, 6) is -1.54. The Morgan fingerprint density at radius 3 is 2.29 bits per heavy atom. The standard InChI is InChI=1S/C12H14O5/c1-4-7-8(10(13)12(14)15)5-6-9(16-2)11(7)17-3/h5-6H,4H2,1-3H3,(H,14,15). The topological polar surface area (TPSA) is 72.8 Å². The Bertz CT molecular complexity index is 450. The third-order valence-electron chi connectivity index (χ3n) is 2.44. The van der Waals surface area contributed by atoms with Crippen molar-refractivity contribution in [3.63, 3.8) is 0 Å². The molecule has 0 aliphatic carbocycles. The van der Waals surface area contributed by atoms with E-state index in [1.165, 1.54) is 26.4 Å². The summed E-state index contributed by atoms with van der Waals surface area (Å²) in [6.07, 6.45) is 0.481. The first-order chi connectivity index (χ1) is 8.06. The molecule has 0 radical (unpaired) electrons. The molecule has 1 aromatic rings. The molecule has 5 heteroatoms. The molecule has 0 fully saturated rings. The molecule has 1 rings (SSSR count). The maximum Gasteiger partial charge on any atom is 0.377 e. The summed E-state index contributed by atoms with van der Waals surface area (Å²) in [6, 6.07) is 2.96. The van der Waals surface area contributed by atoms with Crippen LogP contribution in [0.2, 0.25) is 0 Å². The number of carbonyl (C=O) groups is 2. The van der Waals surface area contributed by atoms with Gasteiger partial charge in [0.25, 0.3) is 5.78 Å². The Balaban J connectivity index is 3.43. The number of rotatable bonds is 5. The van der Waals surface area contributed by atoms with Crippen LogP contribution in [-0.4, -0.2) is 31.1 Å². The lowest BCUT2D eigenvalue weighted by atomic mass is 10.00. The van der Waals surface area contributed by atoms with Gasteiger partial charge in [-0.2, -0.15) is 0 Å². The Morgan fingerprint density at radius 2 is 1.88 bits per heavy atom. The molecule has 0 aliphatic rings. The fraction of sp³-hybridized carbons (Fsp3) is 0.333. The molecule has 0 aromatic heterocycles. The summed E-state index contributed by atoms with van der Waals surface area (Å²) >= 11 is 0. The normalized spacial score (nSPS) is 9.82. The van der Waals surface area contributed by atoms with Crippen molar-refractivity contribution >= 4 is 11.8 Å². The van der Waals surface area contributed by atoms with Crippen LogP contribution in [0.1, 0.15) is 22.8 Å². The Kier molecular flexibility index (Phi) is 4.09. The largest absolute Gasteiger partial charge is 0.493 e. The summed E-state index contributed by atoms with van der Waals surface area (Å²) in [5, 5.41) is 8.72. The monoisotopic (exact) mass is 238 g/mol. The highest BCUT2D eigenvalue weighted by Crippen LogP contribution is 2.33. The molecule has 0 spiro atoms. The van der Waals surface area contributed by atoms with Crippen molar-refractivity contribution in [1.82, 2.24) is 0 Å². The molecule has 0 saturated heterocycles. The van der Waals surface area contributed by atoms with Gasteiger partial charge in [-0.15, -0.1) is 0 Å². The fourth-order valence-electron chi connectivity index (χ4n) is 1.67. The lowest BCUT2D eigenvalue weighted by Crippen LogP contribution is -2.15. The second-order valence-electron chi connectivity index (χ2n) is 3.32. The van der Waals surface area contributed by atoms with Gasteiger partial charge in [0, 0.05) is 11.1 Å². The number of benzene rings is 1. The van der Waals surface area contributed by atoms with Gasteiger partial charge in [-0.1, -0.05) is 6.92 Å². The molecule has 1 N–H and O–H groups in total. The van der Waals surface area contributed by atoms with Crippen LogP contribution in [0.25, 0.3) is 0 Å². The highest BCUT2D eigenvalue weighted by molar-refractivity contribution is 6.40. The molecule has 0 bridgehead atoms. The van der Waals surface area contributed by atoms with Crippen LogP contribution in [-0.2, 0) is 11.2 Å². The number of carboxylic acids is 1. The lowest BCUT2D eigenvalue weighted by Gasteiger charge is -2.14. The van der Waals surface area contributed by atoms with Crippen molar-refractivity contribution in [3.8, 4) is 11.5 Å². The zero-order valence-electron chi connectivity index (χ0n) is 9.94. The van der Waals surface area contributed by atoms with Gasteiger partial charge in [0.05, 0.1) is 14.2 Å². The highest BCUT2D eigenvalue weighted by Gasteiger charge is 2.22.